The molecule has 2 rings (SSSR count). The molecular weight excluding hydrogens is 390 g/mol. The first kappa shape index (κ1) is 15.2. The third-order valence-electron chi connectivity index (χ3n) is 2.56. The van der Waals surface area contributed by atoms with Crippen LogP contribution in [0.3, 0.4) is 0 Å². The smallest absolute Gasteiger partial charge is 0.337 e. The van der Waals surface area contributed by atoms with Gasteiger partial charge >= 0.3 is 12.0 Å². The quantitative estimate of drug-likeness (QED) is 0.687. The third kappa shape index (κ3) is 4.15. The standard InChI is InChI=1S/C14H10FIN2O3/c15-8-1-6-12(11(7-8)13(19)20)18-14(21)17-10-4-2-9(16)3-5-10/h1-7H,(H,19,20)(H2,17,18,21). The summed E-state index contributed by atoms with van der Waals surface area (Å²) in [7, 11) is 0. The second-order valence-electron chi connectivity index (χ2n) is 4.08. The second kappa shape index (κ2) is 6.53. The summed E-state index contributed by atoms with van der Waals surface area (Å²) in [6.45, 7) is 0. The van der Waals surface area contributed by atoms with Crippen LogP contribution in [-0.2, 0) is 0 Å². The molecule has 0 unspecified atom stereocenters. The van der Waals surface area contributed by atoms with Crippen LogP contribution in [0, 0.1) is 9.39 Å². The topological polar surface area (TPSA) is 78.4 Å². The average Bonchev–Trinajstić information content (AvgIpc) is 2.43. The van der Waals surface area contributed by atoms with Crippen LogP contribution in [0.25, 0.3) is 0 Å². The van der Waals surface area contributed by atoms with Crippen molar-refractivity contribution in [1.82, 2.24) is 0 Å². The largest absolute Gasteiger partial charge is 0.478 e. The van der Waals surface area contributed by atoms with Gasteiger partial charge < -0.3 is 15.7 Å². The van der Waals surface area contributed by atoms with E-state index in [0.717, 1.165) is 15.7 Å². The van der Waals surface area contributed by atoms with Crippen LogP contribution in [0.15, 0.2) is 42.5 Å². The van der Waals surface area contributed by atoms with Gasteiger partial charge in [-0.15, -0.1) is 0 Å². The SMILES string of the molecule is O=C(Nc1ccc(I)cc1)Nc1ccc(F)cc1C(=O)O. The minimum Gasteiger partial charge on any atom is -0.478 e. The number of aromatic carboxylic acids is 1. The van der Waals surface area contributed by atoms with Crippen molar-refractivity contribution < 1.29 is 19.1 Å². The molecule has 2 aromatic rings. The van der Waals surface area contributed by atoms with Crippen LogP contribution >= 0.6 is 22.6 Å². The van der Waals surface area contributed by atoms with Crippen molar-refractivity contribution in [3.8, 4) is 0 Å². The molecule has 108 valence electrons. The predicted octanol–water partition coefficient (Wildman–Crippen LogP) is 3.77. The average molecular weight is 400 g/mol. The van der Waals surface area contributed by atoms with Crippen LogP contribution in [0.2, 0.25) is 0 Å². The molecule has 0 saturated carbocycles. The van der Waals surface area contributed by atoms with Crippen molar-refractivity contribution in [2.75, 3.05) is 10.6 Å². The van der Waals surface area contributed by atoms with Crippen molar-refractivity contribution in [2.45, 2.75) is 0 Å². The lowest BCUT2D eigenvalue weighted by molar-refractivity contribution is 0.0697. The Morgan fingerprint density at radius 1 is 1.05 bits per heavy atom. The van der Waals surface area contributed by atoms with Crippen molar-refractivity contribution in [1.29, 1.82) is 0 Å². The lowest BCUT2D eigenvalue weighted by Gasteiger charge is -2.10. The van der Waals surface area contributed by atoms with Crippen molar-refractivity contribution in [2.24, 2.45) is 0 Å². The molecule has 0 aromatic heterocycles. The van der Waals surface area contributed by atoms with Gasteiger partial charge in [0.2, 0.25) is 0 Å². The molecular formula is C14H10FIN2O3. The molecule has 21 heavy (non-hydrogen) atoms. The summed E-state index contributed by atoms with van der Waals surface area (Å²) in [6, 6.07) is 9.58. The maximum Gasteiger partial charge on any atom is 0.337 e. The van der Waals surface area contributed by atoms with Gasteiger partial charge in [-0.3, -0.25) is 0 Å². The fraction of sp³-hybridized carbons (Fsp3) is 0. The molecule has 7 heteroatoms. The Labute approximate surface area is 133 Å². The summed E-state index contributed by atoms with van der Waals surface area (Å²) >= 11 is 2.13. The number of rotatable bonds is 3. The van der Waals surface area contributed by atoms with E-state index in [1.807, 2.05) is 12.1 Å². The van der Waals surface area contributed by atoms with Crippen LogP contribution in [-0.4, -0.2) is 17.1 Å². The number of amides is 2. The summed E-state index contributed by atoms with van der Waals surface area (Å²) in [6.07, 6.45) is 0. The van der Waals surface area contributed by atoms with E-state index in [-0.39, 0.29) is 11.3 Å². The van der Waals surface area contributed by atoms with Gasteiger partial charge in [0, 0.05) is 9.26 Å². The van der Waals surface area contributed by atoms with E-state index >= 15 is 0 Å². The molecule has 0 saturated heterocycles. The third-order valence-corrected chi connectivity index (χ3v) is 3.28. The Kier molecular flexibility index (Phi) is 4.73. The van der Waals surface area contributed by atoms with Crippen LogP contribution in [0.1, 0.15) is 10.4 Å². The number of carboxylic acids is 1. The normalized spacial score (nSPS) is 10.0. The fourth-order valence-electron chi connectivity index (χ4n) is 1.62. The zero-order valence-corrected chi connectivity index (χ0v) is 12.7. The number of carbonyl (C=O) groups is 2. The number of nitrogens with one attached hydrogen (secondary N) is 2. The molecule has 2 amide bonds. The number of halogens is 2. The molecule has 0 aliphatic rings. The minimum absolute atomic E-state index is 0.0203. The van der Waals surface area contributed by atoms with E-state index < -0.39 is 17.8 Å². The number of hydrogen-bond acceptors (Lipinski definition) is 2. The lowest BCUT2D eigenvalue weighted by Crippen LogP contribution is -2.21. The van der Waals surface area contributed by atoms with Gasteiger partial charge in [-0.2, -0.15) is 0 Å². The molecule has 0 fully saturated rings. The van der Waals surface area contributed by atoms with Crippen LogP contribution in [0.4, 0.5) is 20.6 Å². The van der Waals surface area contributed by atoms with E-state index in [1.54, 1.807) is 12.1 Å². The van der Waals surface area contributed by atoms with Gasteiger partial charge in [0.05, 0.1) is 11.3 Å². The first-order valence-corrected chi connectivity index (χ1v) is 6.90. The molecule has 0 atom stereocenters. The van der Waals surface area contributed by atoms with E-state index in [9.17, 15) is 14.0 Å². The number of carboxylic acid groups (broad SMARTS) is 1. The van der Waals surface area contributed by atoms with Crippen molar-refractivity contribution in [3.05, 3.63) is 57.4 Å². The highest BCUT2D eigenvalue weighted by molar-refractivity contribution is 14.1. The van der Waals surface area contributed by atoms with Crippen molar-refractivity contribution in [3.63, 3.8) is 0 Å². The van der Waals surface area contributed by atoms with Gasteiger partial charge in [0.1, 0.15) is 5.82 Å². The Morgan fingerprint density at radius 2 is 1.71 bits per heavy atom. The highest BCUT2D eigenvalue weighted by atomic mass is 127. The van der Waals surface area contributed by atoms with Crippen LogP contribution in [0.5, 0.6) is 0 Å². The summed E-state index contributed by atoms with van der Waals surface area (Å²) < 4.78 is 14.1. The van der Waals surface area contributed by atoms with Gasteiger partial charge in [0.25, 0.3) is 0 Å². The number of urea groups is 1. The number of hydrogen-bond donors (Lipinski definition) is 3. The number of benzene rings is 2. The molecule has 0 aliphatic carbocycles. The zero-order chi connectivity index (χ0) is 15.4. The number of anilines is 2. The summed E-state index contributed by atoms with van der Waals surface area (Å²) in [5.41, 5.74) is 0.270. The maximum atomic E-state index is 13.0. The first-order chi connectivity index (χ1) is 9.95. The van der Waals surface area contributed by atoms with Crippen molar-refractivity contribution >= 4 is 46.0 Å². The van der Waals surface area contributed by atoms with E-state index in [1.165, 1.54) is 6.07 Å². The van der Waals surface area contributed by atoms with E-state index in [2.05, 4.69) is 33.2 Å². The van der Waals surface area contributed by atoms with Crippen LogP contribution < -0.4 is 10.6 Å². The second-order valence-corrected chi connectivity index (χ2v) is 5.33. The van der Waals surface area contributed by atoms with E-state index in [0.29, 0.717) is 5.69 Å². The molecule has 0 heterocycles. The highest BCUT2D eigenvalue weighted by Gasteiger charge is 2.13. The molecule has 0 radical (unpaired) electrons. The molecule has 0 aliphatic heterocycles. The predicted molar refractivity (Wildman–Crippen MR) is 85.2 cm³/mol. The monoisotopic (exact) mass is 400 g/mol. The minimum atomic E-state index is -1.32. The lowest BCUT2D eigenvalue weighted by atomic mass is 10.2. The summed E-state index contributed by atoms with van der Waals surface area (Å²) in [4.78, 5) is 22.8. The zero-order valence-electron chi connectivity index (χ0n) is 10.6. The molecule has 2 aromatic carbocycles. The summed E-state index contributed by atoms with van der Waals surface area (Å²) in [5, 5.41) is 13.9. The molecule has 0 bridgehead atoms. The highest BCUT2D eigenvalue weighted by Crippen LogP contribution is 2.18. The molecule has 0 spiro atoms. The fourth-order valence-corrected chi connectivity index (χ4v) is 1.98. The number of carbonyl (C=O) groups excluding carboxylic acids is 1. The molecule has 3 N–H and O–H groups in total. The Morgan fingerprint density at radius 3 is 2.33 bits per heavy atom. The summed E-state index contributed by atoms with van der Waals surface area (Å²) in [5.74, 6) is -2.00. The van der Waals surface area contributed by atoms with Gasteiger partial charge in [-0.05, 0) is 65.1 Å². The Balaban J connectivity index is 2.12. The maximum absolute atomic E-state index is 13.0. The first-order valence-electron chi connectivity index (χ1n) is 5.82. The van der Waals surface area contributed by atoms with Gasteiger partial charge in [0.15, 0.2) is 0 Å². The van der Waals surface area contributed by atoms with E-state index in [4.69, 9.17) is 5.11 Å². The Bertz CT molecular complexity index is 689. The molecule has 5 nitrogen and oxygen atoms in total. The Hall–Kier alpha value is -2.16. The van der Waals surface area contributed by atoms with Gasteiger partial charge in [-0.25, -0.2) is 14.0 Å². The van der Waals surface area contributed by atoms with Gasteiger partial charge in [-0.1, -0.05) is 0 Å².